The van der Waals surface area contributed by atoms with Crippen LogP contribution in [0.1, 0.15) is 10.6 Å². The summed E-state index contributed by atoms with van der Waals surface area (Å²) >= 11 is 0. The van der Waals surface area contributed by atoms with Crippen LogP contribution >= 0.6 is 0 Å². The van der Waals surface area contributed by atoms with Gasteiger partial charge in [0.1, 0.15) is 11.5 Å². The molecule has 2 heterocycles. The molecule has 1 aromatic heterocycles. The first-order valence-electron chi connectivity index (χ1n) is 7.37. The molecule has 24 heavy (non-hydrogen) atoms. The molecular weight excluding hydrogens is 334 g/mol. The van der Waals surface area contributed by atoms with E-state index in [1.165, 1.54) is 29.6 Å². The summed E-state index contributed by atoms with van der Waals surface area (Å²) in [5.41, 5.74) is 0.472. The molecular formula is C16H17NO6S. The number of hydrogen-bond acceptors (Lipinski definition) is 6. The van der Waals surface area contributed by atoms with Crippen LogP contribution < -0.4 is 4.74 Å². The normalized spacial score (nSPS) is 16.0. The Hall–Kier alpha value is -2.16. The van der Waals surface area contributed by atoms with Crippen LogP contribution in [0.25, 0.3) is 11.3 Å². The van der Waals surface area contributed by atoms with Gasteiger partial charge in [0.2, 0.25) is 10.0 Å². The van der Waals surface area contributed by atoms with Gasteiger partial charge in [-0.15, -0.1) is 0 Å². The average molecular weight is 351 g/mol. The molecule has 0 spiro atoms. The van der Waals surface area contributed by atoms with Crippen LogP contribution in [0.3, 0.4) is 0 Å². The molecule has 2 aromatic rings. The number of morpholine rings is 1. The van der Waals surface area contributed by atoms with E-state index in [-0.39, 0.29) is 10.7 Å². The standard InChI is InChI=1S/C16H17NO6S/c1-21-15-5-3-13(24(19,20)17-6-8-22-9-7-17)10-14(15)16-4-2-12(11-18)23-16/h2-5,10-11H,6-9H2,1H3. The molecule has 0 saturated carbocycles. The van der Waals surface area contributed by atoms with E-state index in [2.05, 4.69) is 0 Å². The van der Waals surface area contributed by atoms with Crippen molar-refractivity contribution >= 4 is 16.3 Å². The van der Waals surface area contributed by atoms with Crippen LogP contribution in [0.15, 0.2) is 39.6 Å². The van der Waals surface area contributed by atoms with Crippen molar-refractivity contribution in [3.05, 3.63) is 36.1 Å². The Labute approximate surface area is 139 Å². The number of hydrogen-bond donors (Lipinski definition) is 0. The van der Waals surface area contributed by atoms with Crippen molar-refractivity contribution in [3.63, 3.8) is 0 Å². The number of rotatable bonds is 5. The lowest BCUT2D eigenvalue weighted by Gasteiger charge is -2.26. The number of furan rings is 1. The van der Waals surface area contributed by atoms with E-state index in [9.17, 15) is 13.2 Å². The van der Waals surface area contributed by atoms with Crippen molar-refractivity contribution in [2.24, 2.45) is 0 Å². The first-order valence-corrected chi connectivity index (χ1v) is 8.81. The van der Waals surface area contributed by atoms with Crippen molar-refractivity contribution in [2.75, 3.05) is 33.4 Å². The molecule has 3 rings (SSSR count). The Morgan fingerprint density at radius 3 is 2.54 bits per heavy atom. The van der Waals surface area contributed by atoms with Crippen LogP contribution in [-0.4, -0.2) is 52.4 Å². The fourth-order valence-electron chi connectivity index (χ4n) is 2.54. The monoisotopic (exact) mass is 351 g/mol. The summed E-state index contributed by atoms with van der Waals surface area (Å²) in [5.74, 6) is 0.990. The van der Waals surface area contributed by atoms with Crippen molar-refractivity contribution < 1.29 is 27.1 Å². The molecule has 1 aliphatic rings. The third-order valence-corrected chi connectivity index (χ3v) is 5.68. The average Bonchev–Trinajstić information content (AvgIpc) is 3.11. The zero-order valence-electron chi connectivity index (χ0n) is 13.1. The Bertz CT molecular complexity index is 836. The SMILES string of the molecule is COc1ccc(S(=O)(=O)N2CCOCC2)cc1-c1ccc(C=O)o1. The topological polar surface area (TPSA) is 86.0 Å². The fraction of sp³-hybridized carbons (Fsp3) is 0.312. The Kier molecular flexibility index (Phi) is 4.70. The maximum Gasteiger partial charge on any atom is 0.243 e. The van der Waals surface area contributed by atoms with Gasteiger partial charge in [-0.1, -0.05) is 0 Å². The molecule has 0 bridgehead atoms. The van der Waals surface area contributed by atoms with Gasteiger partial charge < -0.3 is 13.9 Å². The van der Waals surface area contributed by atoms with Gasteiger partial charge in [0.05, 0.1) is 30.8 Å². The molecule has 0 N–H and O–H groups in total. The van der Waals surface area contributed by atoms with Crippen LogP contribution in [0, 0.1) is 0 Å². The van der Waals surface area contributed by atoms with Gasteiger partial charge in [0.25, 0.3) is 0 Å². The molecule has 7 nitrogen and oxygen atoms in total. The number of methoxy groups -OCH3 is 1. The highest BCUT2D eigenvalue weighted by Crippen LogP contribution is 2.34. The van der Waals surface area contributed by atoms with Crippen molar-refractivity contribution in [1.29, 1.82) is 0 Å². The van der Waals surface area contributed by atoms with E-state index in [0.29, 0.717) is 49.7 Å². The Balaban J connectivity index is 2.04. The number of aldehydes is 1. The second-order valence-electron chi connectivity index (χ2n) is 5.20. The highest BCUT2D eigenvalue weighted by Gasteiger charge is 2.27. The first-order chi connectivity index (χ1) is 11.6. The van der Waals surface area contributed by atoms with Gasteiger partial charge in [-0.3, -0.25) is 4.79 Å². The van der Waals surface area contributed by atoms with E-state index >= 15 is 0 Å². The minimum absolute atomic E-state index is 0.143. The number of benzene rings is 1. The number of nitrogens with zero attached hydrogens (tertiary/aromatic N) is 1. The Morgan fingerprint density at radius 1 is 1.17 bits per heavy atom. The summed E-state index contributed by atoms with van der Waals surface area (Å²) in [6.45, 7) is 1.39. The summed E-state index contributed by atoms with van der Waals surface area (Å²) < 4.78 is 42.8. The van der Waals surface area contributed by atoms with Gasteiger partial charge in [0.15, 0.2) is 12.0 Å². The third-order valence-electron chi connectivity index (χ3n) is 3.79. The molecule has 0 atom stereocenters. The molecule has 0 amide bonds. The first kappa shape index (κ1) is 16.7. The lowest BCUT2D eigenvalue weighted by atomic mass is 10.1. The van der Waals surface area contributed by atoms with Crippen LogP contribution in [0.4, 0.5) is 0 Å². The van der Waals surface area contributed by atoms with Crippen molar-refractivity contribution in [2.45, 2.75) is 4.90 Å². The molecule has 128 valence electrons. The summed E-state index contributed by atoms with van der Waals surface area (Å²) in [6.07, 6.45) is 0.588. The number of carbonyl (C=O) groups excluding carboxylic acids is 1. The number of carbonyl (C=O) groups is 1. The summed E-state index contributed by atoms with van der Waals surface area (Å²) in [7, 11) is -2.15. The molecule has 8 heteroatoms. The molecule has 0 aliphatic carbocycles. The van der Waals surface area contributed by atoms with Crippen LogP contribution in [-0.2, 0) is 14.8 Å². The third kappa shape index (κ3) is 3.08. The highest BCUT2D eigenvalue weighted by molar-refractivity contribution is 7.89. The lowest BCUT2D eigenvalue weighted by molar-refractivity contribution is 0.0730. The second-order valence-corrected chi connectivity index (χ2v) is 7.14. The number of sulfonamides is 1. The summed E-state index contributed by atoms with van der Waals surface area (Å²) in [6, 6.07) is 7.69. The van der Waals surface area contributed by atoms with Gasteiger partial charge in [-0.25, -0.2) is 8.42 Å². The van der Waals surface area contributed by atoms with Gasteiger partial charge >= 0.3 is 0 Å². The minimum Gasteiger partial charge on any atom is -0.496 e. The van der Waals surface area contributed by atoms with Gasteiger partial charge in [-0.05, 0) is 30.3 Å². The number of ether oxygens (including phenoxy) is 2. The Morgan fingerprint density at radius 2 is 1.92 bits per heavy atom. The molecule has 1 aliphatic heterocycles. The largest absolute Gasteiger partial charge is 0.496 e. The quantitative estimate of drug-likeness (QED) is 0.764. The summed E-state index contributed by atoms with van der Waals surface area (Å²) in [5, 5.41) is 0. The maximum atomic E-state index is 12.8. The van der Waals surface area contributed by atoms with Crippen LogP contribution in [0.2, 0.25) is 0 Å². The predicted octanol–water partition coefficient (Wildman–Crippen LogP) is 1.79. The van der Waals surface area contributed by atoms with E-state index in [4.69, 9.17) is 13.9 Å². The van der Waals surface area contributed by atoms with E-state index in [1.54, 1.807) is 12.1 Å². The molecule has 1 saturated heterocycles. The van der Waals surface area contributed by atoms with Gasteiger partial charge in [0, 0.05) is 13.1 Å². The zero-order valence-corrected chi connectivity index (χ0v) is 13.9. The predicted molar refractivity (Wildman–Crippen MR) is 85.7 cm³/mol. The van der Waals surface area contributed by atoms with E-state index in [0.717, 1.165) is 0 Å². The van der Waals surface area contributed by atoms with Crippen LogP contribution in [0.5, 0.6) is 5.75 Å². The smallest absolute Gasteiger partial charge is 0.243 e. The van der Waals surface area contributed by atoms with E-state index < -0.39 is 10.0 Å². The molecule has 1 fully saturated rings. The van der Waals surface area contributed by atoms with Crippen molar-refractivity contribution in [3.8, 4) is 17.1 Å². The zero-order chi connectivity index (χ0) is 17.2. The highest BCUT2D eigenvalue weighted by atomic mass is 32.2. The second kappa shape index (κ2) is 6.76. The fourth-order valence-corrected chi connectivity index (χ4v) is 3.97. The maximum absolute atomic E-state index is 12.8. The summed E-state index contributed by atoms with van der Waals surface area (Å²) in [4.78, 5) is 10.9. The van der Waals surface area contributed by atoms with Crippen molar-refractivity contribution in [1.82, 2.24) is 4.31 Å². The minimum atomic E-state index is -3.63. The molecule has 0 radical (unpaired) electrons. The molecule has 1 aromatic carbocycles. The van der Waals surface area contributed by atoms with E-state index in [1.807, 2.05) is 0 Å². The molecule has 0 unspecified atom stereocenters. The van der Waals surface area contributed by atoms with Gasteiger partial charge in [-0.2, -0.15) is 4.31 Å². The lowest BCUT2D eigenvalue weighted by Crippen LogP contribution is -2.40.